The number of halogens is 2. The molecule has 0 bridgehead atoms. The van der Waals surface area contributed by atoms with Crippen molar-refractivity contribution in [3.05, 3.63) is 76.5 Å². The highest BCUT2D eigenvalue weighted by Gasteiger charge is 2.26. The Bertz CT molecular complexity index is 1390. The van der Waals surface area contributed by atoms with Gasteiger partial charge in [0.05, 0.1) is 24.1 Å². The van der Waals surface area contributed by atoms with E-state index < -0.39 is 38.7 Å². The average molecular weight is 502 g/mol. The van der Waals surface area contributed by atoms with Crippen LogP contribution in [-0.4, -0.2) is 38.8 Å². The summed E-state index contributed by atoms with van der Waals surface area (Å²) in [5.74, 6) is -2.74. The van der Waals surface area contributed by atoms with Crippen LogP contribution in [0.5, 0.6) is 5.75 Å². The summed E-state index contributed by atoms with van der Waals surface area (Å²) in [6, 6.07) is 8.99. The zero-order valence-electron chi connectivity index (χ0n) is 19.5. The number of carbonyl (C=O) groups is 1. The molecule has 0 fully saturated rings. The lowest BCUT2D eigenvalue weighted by molar-refractivity contribution is 0.103. The highest BCUT2D eigenvalue weighted by Crippen LogP contribution is 2.32. The Morgan fingerprint density at radius 3 is 2.49 bits per heavy atom. The number of methoxy groups -OCH3 is 1. The largest absolute Gasteiger partial charge is 0.497 e. The van der Waals surface area contributed by atoms with Gasteiger partial charge in [0.1, 0.15) is 17.4 Å². The molecule has 0 saturated carbocycles. The van der Waals surface area contributed by atoms with Crippen molar-refractivity contribution < 1.29 is 26.7 Å². The molecule has 1 aromatic heterocycles. The lowest BCUT2D eigenvalue weighted by atomic mass is 9.97. The first kappa shape index (κ1) is 25.8. The molecule has 7 nitrogen and oxygen atoms in total. The molecule has 0 aliphatic rings. The predicted molar refractivity (Wildman–Crippen MR) is 134 cm³/mol. The summed E-state index contributed by atoms with van der Waals surface area (Å²) in [6.07, 6.45) is 3.24. The highest BCUT2D eigenvalue weighted by molar-refractivity contribution is 7.92. The maximum atomic E-state index is 15.2. The molecule has 0 unspecified atom stereocenters. The van der Waals surface area contributed by atoms with E-state index in [0.717, 1.165) is 23.3 Å². The second kappa shape index (κ2) is 10.6. The van der Waals surface area contributed by atoms with Gasteiger partial charge in [0, 0.05) is 17.3 Å². The maximum Gasteiger partial charge on any atom is 0.232 e. The van der Waals surface area contributed by atoms with Gasteiger partial charge in [-0.1, -0.05) is 19.1 Å². The van der Waals surface area contributed by atoms with Crippen molar-refractivity contribution in [3.8, 4) is 5.75 Å². The quantitative estimate of drug-likeness (QED) is 0.280. The third-order valence-corrected chi connectivity index (χ3v) is 6.74. The zero-order chi connectivity index (χ0) is 25.8. The Labute approximate surface area is 202 Å². The third kappa shape index (κ3) is 5.65. The topological polar surface area (TPSA) is 101 Å². The predicted octanol–water partition coefficient (Wildman–Crippen LogP) is 5.58. The van der Waals surface area contributed by atoms with Crippen LogP contribution in [0.1, 0.15) is 47.3 Å². The van der Waals surface area contributed by atoms with Crippen LogP contribution in [-0.2, 0) is 10.0 Å². The van der Waals surface area contributed by atoms with Crippen molar-refractivity contribution in [1.29, 1.82) is 0 Å². The molecular formula is C25H25F2N3O4S. The van der Waals surface area contributed by atoms with E-state index in [1.54, 1.807) is 39.2 Å². The Hall–Kier alpha value is -3.79. The number of aromatic nitrogens is 1. The van der Waals surface area contributed by atoms with E-state index >= 15 is 4.39 Å². The summed E-state index contributed by atoms with van der Waals surface area (Å²) in [5, 5.41) is 0. The SMILES string of the molecule is C=Nc1[nH]cc(C(=O)c2c(F)ccc(NS(=O)(=O)CCC)c2F)c1/C=C(\C)c1ccc(OC)cc1. The minimum Gasteiger partial charge on any atom is -0.497 e. The Kier molecular flexibility index (Phi) is 7.85. The second-order valence-corrected chi connectivity index (χ2v) is 9.55. The average Bonchev–Trinajstić information content (AvgIpc) is 3.23. The number of aliphatic imine (C=N–C) groups is 1. The van der Waals surface area contributed by atoms with Gasteiger partial charge in [-0.3, -0.25) is 9.52 Å². The number of aromatic amines is 1. The number of nitrogens with one attached hydrogen (secondary N) is 2. The second-order valence-electron chi connectivity index (χ2n) is 7.71. The van der Waals surface area contributed by atoms with Crippen molar-refractivity contribution >= 4 is 45.7 Å². The van der Waals surface area contributed by atoms with Crippen molar-refractivity contribution in [2.45, 2.75) is 20.3 Å². The van der Waals surface area contributed by atoms with Crippen molar-refractivity contribution in [3.63, 3.8) is 0 Å². The number of sulfonamides is 1. The summed E-state index contributed by atoms with van der Waals surface area (Å²) in [7, 11) is -2.30. The molecular weight excluding hydrogens is 476 g/mol. The summed E-state index contributed by atoms with van der Waals surface area (Å²) < 4.78 is 61.3. The number of hydrogen-bond acceptors (Lipinski definition) is 5. The van der Waals surface area contributed by atoms with E-state index in [4.69, 9.17) is 4.74 Å². The number of anilines is 1. The lowest BCUT2D eigenvalue weighted by Gasteiger charge is -2.12. The summed E-state index contributed by atoms with van der Waals surface area (Å²) >= 11 is 0. The molecule has 2 N–H and O–H groups in total. The summed E-state index contributed by atoms with van der Waals surface area (Å²) in [4.78, 5) is 20.0. The molecule has 0 radical (unpaired) electrons. The van der Waals surface area contributed by atoms with Gasteiger partial charge in [-0.2, -0.15) is 0 Å². The third-order valence-electron chi connectivity index (χ3n) is 5.26. The molecule has 2 aromatic carbocycles. The van der Waals surface area contributed by atoms with E-state index in [1.807, 2.05) is 12.1 Å². The van der Waals surface area contributed by atoms with Crippen LogP contribution >= 0.6 is 0 Å². The van der Waals surface area contributed by atoms with Crippen LogP contribution in [0.15, 0.2) is 47.6 Å². The van der Waals surface area contributed by atoms with Gasteiger partial charge in [-0.05, 0) is 61.5 Å². The fraction of sp³-hybridized carbons (Fsp3) is 0.200. The first-order chi connectivity index (χ1) is 16.6. The van der Waals surface area contributed by atoms with E-state index in [9.17, 15) is 17.6 Å². The lowest BCUT2D eigenvalue weighted by Crippen LogP contribution is -2.18. The summed E-state index contributed by atoms with van der Waals surface area (Å²) in [6.45, 7) is 6.94. The first-order valence-electron chi connectivity index (χ1n) is 10.7. The zero-order valence-corrected chi connectivity index (χ0v) is 20.3. The number of ketones is 1. The number of ether oxygens (including phenoxy) is 1. The van der Waals surface area contributed by atoms with E-state index in [-0.39, 0.29) is 22.7 Å². The maximum absolute atomic E-state index is 15.2. The molecule has 0 saturated heterocycles. The number of rotatable bonds is 10. The van der Waals surface area contributed by atoms with E-state index in [2.05, 4.69) is 21.4 Å². The van der Waals surface area contributed by atoms with E-state index in [1.165, 1.54) is 6.20 Å². The fourth-order valence-corrected chi connectivity index (χ4v) is 4.64. The molecule has 3 aromatic rings. The standard InChI is InChI=1S/C25H25F2N3O4S/c1-5-12-35(32,33)30-21-11-10-20(26)22(23(21)27)24(31)19-14-29-25(28-3)18(19)13-15(2)16-6-8-17(34-4)9-7-16/h6-11,13-14,29-30H,3,5,12H2,1-2,4H3/b15-13+. The molecule has 10 heteroatoms. The first-order valence-corrected chi connectivity index (χ1v) is 12.3. The molecule has 0 aliphatic heterocycles. The Morgan fingerprint density at radius 1 is 1.20 bits per heavy atom. The van der Waals surface area contributed by atoms with Crippen molar-refractivity contribution in [1.82, 2.24) is 4.98 Å². The van der Waals surface area contributed by atoms with E-state index in [0.29, 0.717) is 12.2 Å². The molecule has 0 aliphatic carbocycles. The minimum atomic E-state index is -3.86. The fourth-order valence-electron chi connectivity index (χ4n) is 3.50. The van der Waals surface area contributed by atoms with Gasteiger partial charge in [0.25, 0.3) is 0 Å². The van der Waals surface area contributed by atoms with Crippen LogP contribution in [0.25, 0.3) is 11.6 Å². The highest BCUT2D eigenvalue weighted by atomic mass is 32.2. The molecule has 0 spiro atoms. The number of benzene rings is 2. The van der Waals surface area contributed by atoms with Crippen LogP contribution in [0.3, 0.4) is 0 Å². The number of nitrogens with zero attached hydrogens (tertiary/aromatic N) is 1. The van der Waals surface area contributed by atoms with Gasteiger partial charge in [-0.25, -0.2) is 22.2 Å². The molecule has 184 valence electrons. The normalized spacial score (nSPS) is 11.9. The van der Waals surface area contributed by atoms with Crippen LogP contribution in [0.2, 0.25) is 0 Å². The molecule has 0 amide bonds. The molecule has 35 heavy (non-hydrogen) atoms. The number of hydrogen-bond donors (Lipinski definition) is 2. The smallest absolute Gasteiger partial charge is 0.232 e. The minimum absolute atomic E-state index is 0.0494. The van der Waals surface area contributed by atoms with Crippen molar-refractivity contribution in [2.75, 3.05) is 17.6 Å². The molecule has 3 rings (SSSR count). The van der Waals surface area contributed by atoms with Crippen molar-refractivity contribution in [2.24, 2.45) is 4.99 Å². The molecule has 0 atom stereocenters. The van der Waals surface area contributed by atoms with Crippen LogP contribution in [0, 0.1) is 11.6 Å². The van der Waals surface area contributed by atoms with Gasteiger partial charge in [0.2, 0.25) is 15.8 Å². The van der Waals surface area contributed by atoms with Gasteiger partial charge < -0.3 is 9.72 Å². The van der Waals surface area contributed by atoms with Gasteiger partial charge in [0.15, 0.2) is 5.82 Å². The monoisotopic (exact) mass is 501 g/mol. The summed E-state index contributed by atoms with van der Waals surface area (Å²) in [5.41, 5.74) is 0.416. The Morgan fingerprint density at radius 2 is 1.89 bits per heavy atom. The van der Waals surface area contributed by atoms with Gasteiger partial charge >= 0.3 is 0 Å². The number of allylic oxidation sites excluding steroid dienone is 1. The van der Waals surface area contributed by atoms with Crippen LogP contribution < -0.4 is 9.46 Å². The molecule has 1 heterocycles. The van der Waals surface area contributed by atoms with Gasteiger partial charge in [-0.15, -0.1) is 0 Å². The number of H-pyrrole nitrogens is 1. The number of carbonyl (C=O) groups excluding carboxylic acids is 1. The Balaban J connectivity index is 2.07. The van der Waals surface area contributed by atoms with Crippen LogP contribution in [0.4, 0.5) is 20.3 Å².